The number of esters is 1. The van der Waals surface area contributed by atoms with Crippen molar-refractivity contribution in [2.45, 2.75) is 51.5 Å². The molecule has 1 aliphatic heterocycles. The fourth-order valence-electron chi connectivity index (χ4n) is 5.66. The van der Waals surface area contributed by atoms with Crippen LogP contribution >= 0.6 is 0 Å². The molecular formula is C33H28O10. The summed E-state index contributed by atoms with van der Waals surface area (Å²) in [5.41, 5.74) is 0.487. The van der Waals surface area contributed by atoms with Crippen molar-refractivity contribution < 1.29 is 49.0 Å². The summed E-state index contributed by atoms with van der Waals surface area (Å²) in [6.45, 7) is 4.18. The van der Waals surface area contributed by atoms with E-state index in [4.69, 9.17) is 14.2 Å². The zero-order valence-electron chi connectivity index (χ0n) is 23.4. The molecule has 5 atom stereocenters. The highest BCUT2D eigenvalue weighted by atomic mass is 16.7. The predicted molar refractivity (Wildman–Crippen MR) is 153 cm³/mol. The van der Waals surface area contributed by atoms with Gasteiger partial charge in [-0.2, -0.15) is 0 Å². The first-order valence-electron chi connectivity index (χ1n) is 13.6. The lowest BCUT2D eigenvalue weighted by atomic mass is 9.78. The number of benzene rings is 4. The van der Waals surface area contributed by atoms with Crippen LogP contribution in [0.4, 0.5) is 0 Å². The van der Waals surface area contributed by atoms with Crippen LogP contribution in [-0.4, -0.2) is 68.7 Å². The Labute approximate surface area is 245 Å². The average Bonchev–Trinajstić information content (AvgIpc) is 2.99. The van der Waals surface area contributed by atoms with Crippen LogP contribution in [-0.2, 0) is 9.53 Å². The van der Waals surface area contributed by atoms with Gasteiger partial charge in [0.2, 0.25) is 6.29 Å². The molecule has 2 aliphatic rings. The standard InChI is InChI=1S/C33H28O10/c1-14-23(43-33-32(40)31(39)28(36)15(2)41-33)13-21-26(27(14)35)29(37)20-10-11-22(42-16(3)34)24(25(20)30(21)38)19-9-8-17-6-4-5-7-18(17)12-19/h4-13,15,28,31-33,35-36,39-40H,1-3H3/t15-,28+,31+,32+,33+/m0/s1. The van der Waals surface area contributed by atoms with Crippen LogP contribution in [0, 0.1) is 6.92 Å². The summed E-state index contributed by atoms with van der Waals surface area (Å²) >= 11 is 0. The van der Waals surface area contributed by atoms with Gasteiger partial charge in [-0.05, 0) is 54.4 Å². The molecule has 4 aromatic rings. The maximum absolute atomic E-state index is 14.3. The lowest BCUT2D eigenvalue weighted by Crippen LogP contribution is -2.58. The molecule has 0 saturated carbocycles. The SMILES string of the molecule is CC(=O)Oc1ccc2c(c1-c1ccc3ccccc3c1)C(=O)c1cc(O[C@H]3O[C@@H](C)[C@@H](O)[C@@H](O)[C@H]3O)c(C)c(O)c1C2=O. The lowest BCUT2D eigenvalue weighted by Gasteiger charge is -2.39. The Morgan fingerprint density at radius 3 is 2.21 bits per heavy atom. The summed E-state index contributed by atoms with van der Waals surface area (Å²) in [5.74, 6) is -2.35. The van der Waals surface area contributed by atoms with Crippen molar-refractivity contribution in [1.29, 1.82) is 0 Å². The number of aliphatic hydroxyl groups excluding tert-OH is 3. The van der Waals surface area contributed by atoms with E-state index in [1.807, 2.05) is 36.4 Å². The van der Waals surface area contributed by atoms with Gasteiger partial charge in [0.15, 0.2) is 11.6 Å². The Morgan fingerprint density at radius 1 is 0.791 bits per heavy atom. The topological polar surface area (TPSA) is 160 Å². The van der Waals surface area contributed by atoms with Gasteiger partial charge in [-0.3, -0.25) is 14.4 Å². The molecule has 4 aromatic carbocycles. The van der Waals surface area contributed by atoms with Crippen LogP contribution in [0.5, 0.6) is 17.2 Å². The highest BCUT2D eigenvalue weighted by Gasteiger charge is 2.44. The minimum atomic E-state index is -1.65. The highest BCUT2D eigenvalue weighted by Crippen LogP contribution is 2.45. The van der Waals surface area contributed by atoms with E-state index in [-0.39, 0.29) is 44.9 Å². The second kappa shape index (κ2) is 10.6. The van der Waals surface area contributed by atoms with Crippen molar-refractivity contribution in [3.05, 3.63) is 88.5 Å². The van der Waals surface area contributed by atoms with Crippen LogP contribution in [0.2, 0.25) is 0 Å². The van der Waals surface area contributed by atoms with Crippen molar-refractivity contribution in [2.24, 2.45) is 0 Å². The molecule has 0 aromatic heterocycles. The molecule has 4 N–H and O–H groups in total. The van der Waals surface area contributed by atoms with Gasteiger partial charge in [0.25, 0.3) is 0 Å². The molecule has 1 heterocycles. The molecule has 0 radical (unpaired) electrons. The van der Waals surface area contributed by atoms with E-state index in [9.17, 15) is 34.8 Å². The van der Waals surface area contributed by atoms with Gasteiger partial charge < -0.3 is 34.6 Å². The van der Waals surface area contributed by atoms with Crippen molar-refractivity contribution in [3.63, 3.8) is 0 Å². The number of ether oxygens (including phenoxy) is 3. The van der Waals surface area contributed by atoms with Crippen LogP contribution in [0.25, 0.3) is 21.9 Å². The molecule has 10 nitrogen and oxygen atoms in total. The van der Waals surface area contributed by atoms with Crippen LogP contribution in [0.1, 0.15) is 51.3 Å². The van der Waals surface area contributed by atoms with Gasteiger partial charge >= 0.3 is 5.97 Å². The smallest absolute Gasteiger partial charge is 0.308 e. The van der Waals surface area contributed by atoms with Crippen LogP contribution < -0.4 is 9.47 Å². The molecule has 10 heteroatoms. The number of fused-ring (bicyclic) bond motifs is 3. The molecule has 220 valence electrons. The maximum Gasteiger partial charge on any atom is 0.308 e. The summed E-state index contributed by atoms with van der Waals surface area (Å²) in [7, 11) is 0. The molecule has 1 saturated heterocycles. The molecule has 43 heavy (non-hydrogen) atoms. The Balaban J connectivity index is 1.51. The normalized spacial score (nSPS) is 23.1. The number of phenols is 1. The Hall–Kier alpha value is -4.61. The number of carbonyl (C=O) groups excluding carboxylic acids is 3. The van der Waals surface area contributed by atoms with Crippen LogP contribution in [0.3, 0.4) is 0 Å². The van der Waals surface area contributed by atoms with Gasteiger partial charge in [0, 0.05) is 34.7 Å². The molecule has 0 bridgehead atoms. The monoisotopic (exact) mass is 584 g/mol. The summed E-state index contributed by atoms with van der Waals surface area (Å²) in [6, 6.07) is 17.1. The number of aliphatic hydroxyl groups is 3. The van der Waals surface area contributed by atoms with Crippen LogP contribution in [0.15, 0.2) is 60.7 Å². The first kappa shape index (κ1) is 28.5. The summed E-state index contributed by atoms with van der Waals surface area (Å²) < 4.78 is 16.8. The summed E-state index contributed by atoms with van der Waals surface area (Å²) in [6.07, 6.45) is -6.92. The van der Waals surface area contributed by atoms with E-state index in [1.54, 1.807) is 6.07 Å². The number of rotatable bonds is 4. The molecule has 6 rings (SSSR count). The molecular weight excluding hydrogens is 556 g/mol. The number of ketones is 2. The fourth-order valence-corrected chi connectivity index (χ4v) is 5.66. The van der Waals surface area contributed by atoms with Crippen molar-refractivity contribution in [3.8, 4) is 28.4 Å². The second-order valence-electron chi connectivity index (χ2n) is 10.7. The van der Waals surface area contributed by atoms with Gasteiger partial charge in [0.1, 0.15) is 35.6 Å². The van der Waals surface area contributed by atoms with E-state index in [0.717, 1.165) is 10.8 Å². The summed E-state index contributed by atoms with van der Waals surface area (Å²) in [5, 5.41) is 43.7. The number of phenolic OH excluding ortho intramolecular Hbond substituents is 1. The zero-order chi connectivity index (χ0) is 30.7. The predicted octanol–water partition coefficient (Wildman–Crippen LogP) is 3.43. The molecule has 0 unspecified atom stereocenters. The van der Waals surface area contributed by atoms with E-state index >= 15 is 0 Å². The minimum absolute atomic E-state index is 0.0122. The number of aromatic hydroxyl groups is 1. The van der Waals surface area contributed by atoms with Crippen molar-refractivity contribution in [2.75, 3.05) is 0 Å². The largest absolute Gasteiger partial charge is 0.507 e. The van der Waals surface area contributed by atoms with E-state index < -0.39 is 54.0 Å². The molecule has 1 aliphatic carbocycles. The minimum Gasteiger partial charge on any atom is -0.507 e. The number of carbonyl (C=O) groups is 3. The third kappa shape index (κ3) is 4.65. The first-order chi connectivity index (χ1) is 20.5. The number of hydrogen-bond acceptors (Lipinski definition) is 10. The molecule has 0 spiro atoms. The fraction of sp³-hybridized carbons (Fsp3) is 0.242. The first-order valence-corrected chi connectivity index (χ1v) is 13.6. The van der Waals surface area contributed by atoms with Gasteiger partial charge in [-0.1, -0.05) is 36.4 Å². The Bertz CT molecular complexity index is 1830. The lowest BCUT2D eigenvalue weighted by molar-refractivity contribution is -0.268. The van der Waals surface area contributed by atoms with E-state index in [0.29, 0.717) is 5.56 Å². The van der Waals surface area contributed by atoms with E-state index in [1.165, 1.54) is 39.0 Å². The Morgan fingerprint density at radius 2 is 1.49 bits per heavy atom. The van der Waals surface area contributed by atoms with Crippen molar-refractivity contribution >= 4 is 28.3 Å². The quantitative estimate of drug-likeness (QED) is 0.182. The maximum atomic E-state index is 14.3. The zero-order valence-corrected chi connectivity index (χ0v) is 23.4. The second-order valence-corrected chi connectivity index (χ2v) is 10.7. The molecule has 1 fully saturated rings. The highest BCUT2D eigenvalue weighted by molar-refractivity contribution is 6.31. The van der Waals surface area contributed by atoms with Gasteiger partial charge in [-0.25, -0.2) is 0 Å². The third-order valence-corrected chi connectivity index (χ3v) is 7.96. The van der Waals surface area contributed by atoms with E-state index in [2.05, 4.69) is 0 Å². The van der Waals surface area contributed by atoms with Crippen molar-refractivity contribution in [1.82, 2.24) is 0 Å². The summed E-state index contributed by atoms with van der Waals surface area (Å²) in [4.78, 5) is 40.1. The molecule has 0 amide bonds. The number of hydrogen-bond donors (Lipinski definition) is 4. The average molecular weight is 585 g/mol. The third-order valence-electron chi connectivity index (χ3n) is 7.96. The Kier molecular flexibility index (Phi) is 7.02. The van der Waals surface area contributed by atoms with Gasteiger partial charge in [-0.15, -0.1) is 0 Å². The van der Waals surface area contributed by atoms with Gasteiger partial charge in [0.05, 0.1) is 11.7 Å².